The zero-order valence-corrected chi connectivity index (χ0v) is 36.8. The Bertz CT molecular complexity index is 1570. The molecule has 4 rings (SSSR count). The molecule has 4 aromatic rings. The number of aryl methyl sites for hydroxylation is 2. The van der Waals surface area contributed by atoms with E-state index in [9.17, 15) is 0 Å². The molecule has 0 aromatic heterocycles. The zero-order chi connectivity index (χ0) is 37.9. The molecule has 4 aromatic carbocycles. The van der Waals surface area contributed by atoms with Gasteiger partial charge in [0.25, 0.3) is 0 Å². The molecule has 0 aliphatic carbocycles. The van der Waals surface area contributed by atoms with E-state index in [0.717, 1.165) is 119 Å². The first kappa shape index (κ1) is 46.5. The molecule has 7 heteroatoms. The monoisotopic (exact) mass is 824 g/mol. The SMILES string of the molecule is CCCc1ccc(N(CCC)CCC)c(/C([S-])=C(/[S-])c2ccccc2)c1.CCCc1ccc(N(CCC)CCC)c(/C([S-])=C(/[S-])c2ccccc2)c1.[Ni]. The van der Waals surface area contributed by atoms with Crippen molar-refractivity contribution < 1.29 is 16.5 Å². The largest absolute Gasteiger partial charge is 0.781 e. The molecule has 0 aliphatic heterocycles. The molecule has 290 valence electrons. The topological polar surface area (TPSA) is 6.48 Å². The normalized spacial score (nSPS) is 11.7. The van der Waals surface area contributed by atoms with Crippen molar-refractivity contribution in [2.45, 2.75) is 92.9 Å². The van der Waals surface area contributed by atoms with Gasteiger partial charge in [-0.15, -0.1) is 0 Å². The molecule has 0 spiro atoms. The summed E-state index contributed by atoms with van der Waals surface area (Å²) in [7, 11) is 0. The van der Waals surface area contributed by atoms with Gasteiger partial charge in [-0.25, -0.2) is 0 Å². The van der Waals surface area contributed by atoms with Gasteiger partial charge >= 0.3 is 0 Å². The molecule has 0 unspecified atom stereocenters. The van der Waals surface area contributed by atoms with Gasteiger partial charge in [0.15, 0.2) is 0 Å². The summed E-state index contributed by atoms with van der Waals surface area (Å²) in [6.45, 7) is 17.5. The van der Waals surface area contributed by atoms with Crippen LogP contribution in [0.4, 0.5) is 11.4 Å². The maximum absolute atomic E-state index is 5.88. The average Bonchev–Trinajstić information content (AvgIpc) is 3.18. The summed E-state index contributed by atoms with van der Waals surface area (Å²) in [5.74, 6) is 0. The van der Waals surface area contributed by atoms with Gasteiger partial charge in [0.05, 0.1) is 0 Å². The fourth-order valence-electron chi connectivity index (χ4n) is 6.44. The molecule has 53 heavy (non-hydrogen) atoms. The molecule has 0 aliphatic rings. The van der Waals surface area contributed by atoms with Crippen molar-refractivity contribution in [3.8, 4) is 0 Å². The number of hydrogen-bond donors (Lipinski definition) is 0. The smallest absolute Gasteiger partial charge is 0.0424 e. The van der Waals surface area contributed by atoms with Gasteiger partial charge in [-0.2, -0.15) is 19.6 Å². The molecular weight excluding hydrogens is 767 g/mol. The molecule has 0 radical (unpaired) electrons. The summed E-state index contributed by atoms with van der Waals surface area (Å²) < 4.78 is 0. The van der Waals surface area contributed by atoms with Crippen LogP contribution in [-0.2, 0) is 79.8 Å². The van der Waals surface area contributed by atoms with E-state index in [1.54, 1.807) is 0 Å². The van der Waals surface area contributed by atoms with Gasteiger partial charge in [-0.3, -0.25) is 0 Å². The Morgan fingerprint density at radius 2 is 0.736 bits per heavy atom. The molecule has 0 saturated carbocycles. The van der Waals surface area contributed by atoms with Crippen LogP contribution in [0.15, 0.2) is 97.1 Å². The van der Waals surface area contributed by atoms with E-state index in [1.807, 2.05) is 60.7 Å². The minimum Gasteiger partial charge on any atom is -0.781 e. The predicted octanol–water partition coefficient (Wildman–Crippen LogP) is 12.4. The summed E-state index contributed by atoms with van der Waals surface area (Å²) in [5.41, 5.74) is 9.38. The van der Waals surface area contributed by atoms with Crippen LogP contribution in [0.3, 0.4) is 0 Å². The van der Waals surface area contributed by atoms with Crippen LogP contribution in [-0.4, -0.2) is 26.2 Å². The van der Waals surface area contributed by atoms with Crippen LogP contribution in [0.25, 0.3) is 19.6 Å². The minimum atomic E-state index is 0. The Morgan fingerprint density at radius 3 is 1.02 bits per heavy atom. The van der Waals surface area contributed by atoms with E-state index in [-0.39, 0.29) is 16.5 Å². The van der Waals surface area contributed by atoms with Gasteiger partial charge < -0.3 is 60.3 Å². The van der Waals surface area contributed by atoms with E-state index in [4.69, 9.17) is 50.5 Å². The van der Waals surface area contributed by atoms with Crippen molar-refractivity contribution in [2.75, 3.05) is 36.0 Å². The average molecular weight is 826 g/mol. The number of nitrogens with zero attached hydrogens (tertiary/aromatic N) is 2. The Labute approximate surface area is 354 Å². The molecular formula is C46H58N2NiS4-4. The van der Waals surface area contributed by atoms with Crippen molar-refractivity contribution in [3.05, 3.63) is 130 Å². The van der Waals surface area contributed by atoms with Crippen molar-refractivity contribution >= 4 is 81.5 Å². The molecule has 0 saturated heterocycles. The third-order valence-corrected chi connectivity index (χ3v) is 10.8. The molecule has 0 amide bonds. The van der Waals surface area contributed by atoms with Crippen LogP contribution >= 0.6 is 0 Å². The Balaban J connectivity index is 0.000000360. The molecule has 2 nitrogen and oxygen atoms in total. The fourth-order valence-corrected chi connectivity index (χ4v) is 7.50. The van der Waals surface area contributed by atoms with Crippen LogP contribution < -0.4 is 9.80 Å². The van der Waals surface area contributed by atoms with E-state index >= 15 is 0 Å². The standard InChI is InChI=1S/2C23H31NS2.Ni/c2*1-4-10-18-13-14-21(24(15-5-2)16-6-3)20(17-18)23(26)22(25)19-11-8-7-9-12-19;/h2*7-9,11-14,17,25-26H,4-6,10,15-16H2,1-3H3;/p-4/b2*23-22-;. The van der Waals surface area contributed by atoms with Crippen LogP contribution in [0.1, 0.15) is 113 Å². The fraction of sp³-hybridized carbons (Fsp3) is 0.391. The molecule has 0 N–H and O–H groups in total. The summed E-state index contributed by atoms with van der Waals surface area (Å²) in [4.78, 5) is 8.01. The third-order valence-electron chi connectivity index (χ3n) is 8.83. The predicted molar refractivity (Wildman–Crippen MR) is 242 cm³/mol. The maximum atomic E-state index is 5.88. The van der Waals surface area contributed by atoms with E-state index in [1.165, 1.54) is 22.5 Å². The van der Waals surface area contributed by atoms with Crippen molar-refractivity contribution in [1.29, 1.82) is 0 Å². The molecule has 0 fully saturated rings. The summed E-state index contributed by atoms with van der Waals surface area (Å²) in [6, 6.07) is 33.7. The third kappa shape index (κ3) is 13.9. The second-order valence-electron chi connectivity index (χ2n) is 13.2. The second kappa shape index (κ2) is 25.4. The van der Waals surface area contributed by atoms with Crippen LogP contribution in [0.2, 0.25) is 0 Å². The van der Waals surface area contributed by atoms with Gasteiger partial charge in [0.2, 0.25) is 0 Å². The maximum Gasteiger partial charge on any atom is 0.0424 e. The van der Waals surface area contributed by atoms with Crippen molar-refractivity contribution in [2.24, 2.45) is 0 Å². The Kier molecular flexibility index (Phi) is 22.3. The van der Waals surface area contributed by atoms with Gasteiger partial charge in [-0.1, -0.05) is 139 Å². The first-order chi connectivity index (χ1) is 25.2. The first-order valence-corrected chi connectivity index (χ1v) is 20.9. The van der Waals surface area contributed by atoms with Crippen LogP contribution in [0, 0.1) is 0 Å². The summed E-state index contributed by atoms with van der Waals surface area (Å²) in [6.07, 6.45) is 8.85. The van der Waals surface area contributed by atoms with Gasteiger partial charge in [-0.05, 0) is 84.0 Å². The molecule has 0 heterocycles. The zero-order valence-electron chi connectivity index (χ0n) is 32.6. The van der Waals surface area contributed by atoms with Crippen LogP contribution in [0.5, 0.6) is 0 Å². The van der Waals surface area contributed by atoms with E-state index in [0.29, 0.717) is 0 Å². The second-order valence-corrected chi connectivity index (χ2v) is 14.9. The number of hydrogen-bond acceptors (Lipinski definition) is 6. The van der Waals surface area contributed by atoms with Crippen molar-refractivity contribution in [3.63, 3.8) is 0 Å². The Morgan fingerprint density at radius 1 is 0.415 bits per heavy atom. The summed E-state index contributed by atoms with van der Waals surface area (Å²) in [5, 5.41) is 0. The van der Waals surface area contributed by atoms with Gasteiger partial charge in [0, 0.05) is 54.0 Å². The quantitative estimate of drug-likeness (QED) is 0.0556. The van der Waals surface area contributed by atoms with E-state index in [2.05, 4.69) is 87.7 Å². The number of benzene rings is 4. The van der Waals surface area contributed by atoms with Crippen molar-refractivity contribution in [1.82, 2.24) is 0 Å². The summed E-state index contributed by atoms with van der Waals surface area (Å²) >= 11 is 23.3. The minimum absolute atomic E-state index is 0. The van der Waals surface area contributed by atoms with Gasteiger partial charge in [0.1, 0.15) is 0 Å². The first-order valence-electron chi connectivity index (χ1n) is 19.3. The molecule has 0 atom stereocenters. The Hall–Kier alpha value is -2.67. The molecule has 0 bridgehead atoms. The van der Waals surface area contributed by atoms with E-state index < -0.39 is 0 Å². The number of anilines is 2. The number of rotatable bonds is 18.